The third-order valence-electron chi connectivity index (χ3n) is 3.15. The molecule has 1 aromatic heterocycles. The molecule has 0 aliphatic carbocycles. The topological polar surface area (TPSA) is 127 Å². The van der Waals surface area contributed by atoms with Crippen LogP contribution in [0.15, 0.2) is 29.3 Å². The third kappa shape index (κ3) is 4.47. The second-order valence-electron chi connectivity index (χ2n) is 4.70. The van der Waals surface area contributed by atoms with E-state index in [4.69, 9.17) is 21.4 Å². The summed E-state index contributed by atoms with van der Waals surface area (Å²) in [6.07, 6.45) is 0.760. The molecule has 1 aliphatic rings. The molecule has 7 nitrogen and oxygen atoms in total. The fraction of sp³-hybridized carbons (Fsp3) is 0.214. The van der Waals surface area contributed by atoms with Crippen LogP contribution in [0.3, 0.4) is 0 Å². The Bertz CT molecular complexity index is 715. The normalized spacial score (nSPS) is 15.8. The largest absolute Gasteiger partial charge is 0.483 e. The Morgan fingerprint density at radius 2 is 2.26 bits per heavy atom. The van der Waals surface area contributed by atoms with Crippen molar-refractivity contribution >= 4 is 28.9 Å². The minimum Gasteiger partial charge on any atom is -0.483 e. The molecule has 0 fully saturated rings. The number of carbonyl (C=O) groups is 1. The molecule has 0 saturated carbocycles. The van der Waals surface area contributed by atoms with Crippen molar-refractivity contribution in [3.05, 3.63) is 46.2 Å². The van der Waals surface area contributed by atoms with Crippen LogP contribution in [0.2, 0.25) is 0 Å². The number of thiazole rings is 1. The van der Waals surface area contributed by atoms with Gasteiger partial charge in [0.25, 0.3) is 6.47 Å². The molecule has 122 valence electrons. The number of aromatic nitrogens is 1. The lowest BCUT2D eigenvalue weighted by atomic mass is 9.99. The Morgan fingerprint density at radius 1 is 1.52 bits per heavy atom. The molecule has 23 heavy (non-hydrogen) atoms. The lowest BCUT2D eigenvalue weighted by Crippen LogP contribution is -2.27. The monoisotopic (exact) mass is 337 g/mol. The van der Waals surface area contributed by atoms with E-state index in [1.54, 1.807) is 12.1 Å². The van der Waals surface area contributed by atoms with Crippen LogP contribution in [0.25, 0.3) is 0 Å². The summed E-state index contributed by atoms with van der Waals surface area (Å²) in [6, 6.07) is 6.73. The van der Waals surface area contributed by atoms with E-state index >= 15 is 0 Å². The van der Waals surface area contributed by atoms with Crippen molar-refractivity contribution < 1.29 is 14.3 Å². The number of halogens is 1. The van der Waals surface area contributed by atoms with E-state index in [1.807, 2.05) is 6.07 Å². The number of rotatable bonds is 2. The predicted molar refractivity (Wildman–Crippen MR) is 86.0 cm³/mol. The number of hydrogen-bond acceptors (Lipinski definition) is 5. The van der Waals surface area contributed by atoms with Crippen molar-refractivity contribution in [1.29, 1.82) is 0 Å². The van der Waals surface area contributed by atoms with E-state index in [-0.39, 0.29) is 24.3 Å². The van der Waals surface area contributed by atoms with Crippen LogP contribution in [0.1, 0.15) is 22.2 Å². The van der Waals surface area contributed by atoms with Crippen LogP contribution in [0.4, 0.5) is 9.52 Å². The molecule has 0 saturated heterocycles. The predicted octanol–water partition coefficient (Wildman–Crippen LogP) is 1.27. The maximum Gasteiger partial charge on any atom is 0.290 e. The number of hydrogen-bond donors (Lipinski definition) is 4. The highest BCUT2D eigenvalue weighted by Crippen LogP contribution is 2.33. The number of nitrogens with two attached hydrogens (primary N) is 2. The number of carboxylic acid groups (broad SMARTS) is 1. The van der Waals surface area contributed by atoms with Gasteiger partial charge in [-0.25, -0.2) is 9.37 Å². The van der Waals surface area contributed by atoms with Crippen LogP contribution in [0.5, 0.6) is 0 Å². The highest BCUT2D eigenvalue weighted by Gasteiger charge is 2.23. The van der Waals surface area contributed by atoms with Gasteiger partial charge in [0.15, 0.2) is 5.96 Å². The number of fused-ring (bicyclic) bond motifs is 1. The molecular formula is C14H16FN5O2S. The molecule has 1 aliphatic heterocycles. The highest BCUT2D eigenvalue weighted by atomic mass is 32.1. The molecule has 1 atom stereocenters. The van der Waals surface area contributed by atoms with Gasteiger partial charge in [0.1, 0.15) is 5.82 Å². The Morgan fingerprint density at radius 3 is 2.91 bits per heavy atom. The summed E-state index contributed by atoms with van der Waals surface area (Å²) >= 11 is 1.47. The Kier molecular flexibility index (Phi) is 5.61. The first-order valence-corrected chi connectivity index (χ1v) is 7.50. The highest BCUT2D eigenvalue weighted by molar-refractivity contribution is 7.15. The maximum atomic E-state index is 13.3. The smallest absolute Gasteiger partial charge is 0.290 e. The molecular weight excluding hydrogens is 321 g/mol. The molecule has 2 aromatic rings. The summed E-state index contributed by atoms with van der Waals surface area (Å²) < 4.78 is 13.3. The summed E-state index contributed by atoms with van der Waals surface area (Å²) in [6.45, 7) is 0.382. The van der Waals surface area contributed by atoms with Crippen LogP contribution < -0.4 is 16.8 Å². The molecule has 2 heterocycles. The first kappa shape index (κ1) is 16.8. The summed E-state index contributed by atoms with van der Waals surface area (Å²) in [4.78, 5) is 17.8. The van der Waals surface area contributed by atoms with Crippen molar-refractivity contribution in [2.24, 2.45) is 16.5 Å². The molecule has 0 spiro atoms. The van der Waals surface area contributed by atoms with E-state index in [0.717, 1.165) is 22.6 Å². The van der Waals surface area contributed by atoms with Gasteiger partial charge in [-0.15, -0.1) is 0 Å². The zero-order chi connectivity index (χ0) is 16.8. The summed E-state index contributed by atoms with van der Waals surface area (Å²) in [5.74, 6) is -0.216. The zero-order valence-corrected chi connectivity index (χ0v) is 12.9. The molecule has 1 aromatic carbocycles. The molecule has 0 amide bonds. The third-order valence-corrected chi connectivity index (χ3v) is 4.16. The Hall–Kier alpha value is -2.52. The lowest BCUT2D eigenvalue weighted by Gasteiger charge is -2.23. The quantitative estimate of drug-likeness (QED) is 0.371. The van der Waals surface area contributed by atoms with Gasteiger partial charge in [0.2, 0.25) is 5.13 Å². The molecule has 0 unspecified atom stereocenters. The number of nitrogens with zero attached hydrogens (tertiary/aromatic N) is 2. The second kappa shape index (κ2) is 7.65. The fourth-order valence-electron chi connectivity index (χ4n) is 2.26. The van der Waals surface area contributed by atoms with Gasteiger partial charge < -0.3 is 21.9 Å². The van der Waals surface area contributed by atoms with E-state index in [0.29, 0.717) is 11.7 Å². The lowest BCUT2D eigenvalue weighted by molar-refractivity contribution is -0.122. The second-order valence-corrected chi connectivity index (χ2v) is 5.76. The van der Waals surface area contributed by atoms with Crippen molar-refractivity contribution in [2.45, 2.75) is 19.0 Å². The number of benzene rings is 1. The van der Waals surface area contributed by atoms with Crippen molar-refractivity contribution in [1.82, 2.24) is 10.3 Å². The fourth-order valence-corrected chi connectivity index (χ4v) is 3.27. The first-order valence-electron chi connectivity index (χ1n) is 6.68. The standard InChI is InChI=1S/C13H14FN5S.CH2O2/c14-8-3-1-2-7(4-8)9-5-11-10(6-17-9)18-13(20-11)19-12(15)16;2-1-3/h1-4,9,17H,5-6H2,(H4,15,16,18,19);1H,(H,2,3)/t9-;/m0./s1. The van der Waals surface area contributed by atoms with Gasteiger partial charge in [-0.05, 0) is 17.7 Å². The van der Waals surface area contributed by atoms with E-state index in [2.05, 4.69) is 15.3 Å². The van der Waals surface area contributed by atoms with Gasteiger partial charge in [0, 0.05) is 23.9 Å². The van der Waals surface area contributed by atoms with Crippen LogP contribution in [-0.2, 0) is 17.8 Å². The van der Waals surface area contributed by atoms with Crippen molar-refractivity contribution in [3.63, 3.8) is 0 Å². The first-order chi connectivity index (χ1) is 11.0. The van der Waals surface area contributed by atoms with E-state index in [9.17, 15) is 4.39 Å². The van der Waals surface area contributed by atoms with E-state index in [1.165, 1.54) is 17.4 Å². The van der Waals surface area contributed by atoms with Crippen LogP contribution in [-0.4, -0.2) is 22.5 Å². The summed E-state index contributed by atoms with van der Waals surface area (Å²) in [5, 5.41) is 10.8. The average molecular weight is 337 g/mol. The molecule has 3 rings (SSSR count). The minimum atomic E-state index is -0.250. The summed E-state index contributed by atoms with van der Waals surface area (Å²) in [5.41, 5.74) is 12.6. The Labute approximate surface area is 135 Å². The maximum absolute atomic E-state index is 13.3. The average Bonchev–Trinajstić information content (AvgIpc) is 2.88. The summed E-state index contributed by atoms with van der Waals surface area (Å²) in [7, 11) is 0. The zero-order valence-electron chi connectivity index (χ0n) is 12.1. The number of aliphatic imine (C=N–C) groups is 1. The van der Waals surface area contributed by atoms with Crippen LogP contribution >= 0.6 is 11.3 Å². The van der Waals surface area contributed by atoms with E-state index < -0.39 is 0 Å². The molecule has 0 bridgehead atoms. The van der Waals surface area contributed by atoms with Crippen LogP contribution in [0, 0.1) is 5.82 Å². The molecule has 9 heteroatoms. The van der Waals surface area contributed by atoms with Crippen molar-refractivity contribution in [2.75, 3.05) is 0 Å². The molecule has 0 radical (unpaired) electrons. The van der Waals surface area contributed by atoms with Gasteiger partial charge >= 0.3 is 0 Å². The van der Waals surface area contributed by atoms with Gasteiger partial charge in [-0.3, -0.25) is 4.79 Å². The SMILES string of the molecule is NC(N)=Nc1nc2c(s1)C[C@@H](c1cccc(F)c1)NC2.O=CO. The number of guanidine groups is 1. The molecule has 6 N–H and O–H groups in total. The Balaban J connectivity index is 0.000000595. The number of nitrogens with one attached hydrogen (secondary N) is 1. The van der Waals surface area contributed by atoms with Gasteiger partial charge in [0.05, 0.1) is 5.69 Å². The minimum absolute atomic E-state index is 0.00531. The van der Waals surface area contributed by atoms with Crippen molar-refractivity contribution in [3.8, 4) is 0 Å². The van der Waals surface area contributed by atoms with Gasteiger partial charge in [-0.2, -0.15) is 4.99 Å². The van der Waals surface area contributed by atoms with Gasteiger partial charge in [-0.1, -0.05) is 23.5 Å².